The highest BCUT2D eigenvalue weighted by Gasteiger charge is 2.47. The minimum atomic E-state index is -0.864. The van der Waals surface area contributed by atoms with Crippen LogP contribution in [0, 0.1) is 17.3 Å². The fraction of sp³-hybridized carbons (Fsp3) is 0.667. The van der Waals surface area contributed by atoms with Crippen LogP contribution < -0.4 is 0 Å². The number of rotatable bonds is 4. The van der Waals surface area contributed by atoms with Gasteiger partial charge in [0.25, 0.3) is 0 Å². The first-order valence-electron chi connectivity index (χ1n) is 6.39. The zero-order valence-corrected chi connectivity index (χ0v) is 11.6. The average molecular weight is 252 g/mol. The molecule has 0 radical (unpaired) electrons. The van der Waals surface area contributed by atoms with Crippen molar-refractivity contribution in [2.45, 2.75) is 46.1 Å². The lowest BCUT2D eigenvalue weighted by Gasteiger charge is -2.48. The Morgan fingerprint density at radius 2 is 1.83 bits per heavy atom. The fourth-order valence-corrected chi connectivity index (χ4v) is 3.15. The molecular formula is C15H24O3. The first-order valence-corrected chi connectivity index (χ1v) is 6.39. The number of allylic oxidation sites excluding steroid dienone is 2. The molecule has 1 rings (SSSR count). The molecule has 0 spiro atoms. The summed E-state index contributed by atoms with van der Waals surface area (Å²) in [4.78, 5) is 11.0. The van der Waals surface area contributed by atoms with E-state index in [4.69, 9.17) is 5.11 Å². The van der Waals surface area contributed by atoms with E-state index in [2.05, 4.69) is 13.2 Å². The van der Waals surface area contributed by atoms with Crippen molar-refractivity contribution in [3.8, 4) is 0 Å². The number of aliphatic hydroxyl groups is 1. The Morgan fingerprint density at radius 1 is 1.28 bits per heavy atom. The number of hydrogen-bond donors (Lipinski definition) is 2. The number of hydrogen-bond acceptors (Lipinski definition) is 2. The Balaban J connectivity index is 3.05. The molecule has 2 N–H and O–H groups in total. The van der Waals surface area contributed by atoms with E-state index in [-0.39, 0.29) is 18.3 Å². The molecule has 1 fully saturated rings. The number of aliphatic carboxylic acids is 1. The van der Waals surface area contributed by atoms with Crippen molar-refractivity contribution < 1.29 is 15.0 Å². The van der Waals surface area contributed by atoms with Crippen LogP contribution >= 0.6 is 0 Å². The summed E-state index contributed by atoms with van der Waals surface area (Å²) in [6, 6.07) is 0. The first-order chi connectivity index (χ1) is 8.18. The quantitative estimate of drug-likeness (QED) is 0.756. The summed E-state index contributed by atoms with van der Waals surface area (Å²) in [6.07, 6.45) is 0.800. The zero-order valence-electron chi connectivity index (χ0n) is 11.6. The van der Waals surface area contributed by atoms with Crippen LogP contribution in [0.15, 0.2) is 24.3 Å². The Kier molecular flexibility index (Phi) is 4.38. The molecule has 3 heteroatoms. The van der Waals surface area contributed by atoms with Crippen LogP contribution in [0.25, 0.3) is 0 Å². The van der Waals surface area contributed by atoms with Gasteiger partial charge in [-0.05, 0) is 38.5 Å². The minimum absolute atomic E-state index is 0.0192. The third-order valence-corrected chi connectivity index (χ3v) is 4.41. The molecule has 1 saturated carbocycles. The number of carbonyl (C=O) groups is 1. The highest BCUT2D eigenvalue weighted by molar-refractivity contribution is 5.68. The van der Waals surface area contributed by atoms with Crippen molar-refractivity contribution in [1.29, 1.82) is 0 Å². The average Bonchev–Trinajstić information content (AvgIpc) is 2.19. The lowest BCUT2D eigenvalue weighted by molar-refractivity contribution is -0.145. The molecule has 0 aromatic heterocycles. The lowest BCUT2D eigenvalue weighted by Crippen LogP contribution is -2.47. The van der Waals surface area contributed by atoms with E-state index in [1.165, 1.54) is 0 Å². The molecular weight excluding hydrogens is 228 g/mol. The van der Waals surface area contributed by atoms with Gasteiger partial charge in [0.05, 0.1) is 12.5 Å². The van der Waals surface area contributed by atoms with Crippen LogP contribution in [0.1, 0.15) is 40.0 Å². The maximum absolute atomic E-state index is 11.0. The largest absolute Gasteiger partial charge is 0.481 e. The second-order valence-corrected chi connectivity index (χ2v) is 6.01. The van der Waals surface area contributed by atoms with Crippen LogP contribution in [-0.2, 0) is 4.79 Å². The monoisotopic (exact) mass is 252 g/mol. The van der Waals surface area contributed by atoms with Crippen molar-refractivity contribution in [3.05, 3.63) is 24.3 Å². The molecule has 1 aliphatic rings. The molecule has 0 bridgehead atoms. The van der Waals surface area contributed by atoms with Gasteiger partial charge in [-0.25, -0.2) is 0 Å². The van der Waals surface area contributed by atoms with Gasteiger partial charge in [-0.15, -0.1) is 0 Å². The number of aliphatic hydroxyl groups excluding tert-OH is 1. The summed E-state index contributed by atoms with van der Waals surface area (Å²) in [6.45, 7) is 13.7. The standard InChI is InChI=1S/C15H24O3/c1-9(2)11-6-12(10(3)4)15(5,8-14(17)18)13(16)7-11/h11-13,16H,1,3,6-8H2,2,4-5H3,(H,17,18)/t11-,12+,13?,15-/m1/s1. The van der Waals surface area contributed by atoms with Gasteiger partial charge < -0.3 is 10.2 Å². The van der Waals surface area contributed by atoms with Crippen molar-refractivity contribution in [2.75, 3.05) is 0 Å². The van der Waals surface area contributed by atoms with Gasteiger partial charge in [0, 0.05) is 5.41 Å². The molecule has 102 valence electrons. The maximum Gasteiger partial charge on any atom is 0.304 e. The summed E-state index contributed by atoms with van der Waals surface area (Å²) in [5, 5.41) is 19.4. The van der Waals surface area contributed by atoms with E-state index in [9.17, 15) is 9.90 Å². The van der Waals surface area contributed by atoms with Crippen LogP contribution in [-0.4, -0.2) is 22.3 Å². The molecule has 0 amide bonds. The lowest BCUT2D eigenvalue weighted by atomic mass is 9.58. The van der Waals surface area contributed by atoms with Gasteiger partial charge >= 0.3 is 5.97 Å². The van der Waals surface area contributed by atoms with Gasteiger partial charge in [-0.1, -0.05) is 31.2 Å². The van der Waals surface area contributed by atoms with E-state index in [0.29, 0.717) is 6.42 Å². The summed E-state index contributed by atoms with van der Waals surface area (Å²) in [5.74, 6) is -0.584. The third kappa shape index (κ3) is 2.83. The molecule has 0 heterocycles. The van der Waals surface area contributed by atoms with Gasteiger partial charge in [-0.3, -0.25) is 4.79 Å². The second-order valence-electron chi connectivity index (χ2n) is 6.01. The topological polar surface area (TPSA) is 57.5 Å². The maximum atomic E-state index is 11.0. The second kappa shape index (κ2) is 5.27. The van der Waals surface area contributed by atoms with Crippen LogP contribution in [0.3, 0.4) is 0 Å². The molecule has 0 aromatic carbocycles. The van der Waals surface area contributed by atoms with E-state index < -0.39 is 17.5 Å². The number of carboxylic acid groups (broad SMARTS) is 1. The fourth-order valence-electron chi connectivity index (χ4n) is 3.15. The van der Waals surface area contributed by atoms with Crippen LogP contribution in [0.4, 0.5) is 0 Å². The SMILES string of the molecule is C=C(C)[C@H]1CC(O)[C@](C)(CC(=O)O)[C@H](C(=C)C)C1. The van der Waals surface area contributed by atoms with Crippen LogP contribution in [0.2, 0.25) is 0 Å². The molecule has 0 saturated heterocycles. The van der Waals surface area contributed by atoms with Gasteiger partial charge in [-0.2, -0.15) is 0 Å². The predicted octanol–water partition coefficient (Wildman–Crippen LogP) is 3.01. The van der Waals surface area contributed by atoms with E-state index >= 15 is 0 Å². The molecule has 4 atom stereocenters. The summed E-state index contributed by atoms with van der Waals surface area (Å²) >= 11 is 0. The smallest absolute Gasteiger partial charge is 0.304 e. The summed E-state index contributed by atoms with van der Waals surface area (Å²) < 4.78 is 0. The van der Waals surface area contributed by atoms with Crippen molar-refractivity contribution >= 4 is 5.97 Å². The molecule has 0 aromatic rings. The molecule has 18 heavy (non-hydrogen) atoms. The van der Waals surface area contributed by atoms with Crippen molar-refractivity contribution in [1.82, 2.24) is 0 Å². The van der Waals surface area contributed by atoms with E-state index in [1.54, 1.807) is 0 Å². The van der Waals surface area contributed by atoms with E-state index in [0.717, 1.165) is 17.6 Å². The van der Waals surface area contributed by atoms with Crippen LogP contribution in [0.5, 0.6) is 0 Å². The van der Waals surface area contributed by atoms with E-state index in [1.807, 2.05) is 20.8 Å². The zero-order chi connectivity index (χ0) is 14.1. The normalized spacial score (nSPS) is 36.1. The summed E-state index contributed by atoms with van der Waals surface area (Å²) in [5.41, 5.74) is 1.38. The predicted molar refractivity (Wildman–Crippen MR) is 72.2 cm³/mol. The Morgan fingerprint density at radius 3 is 2.22 bits per heavy atom. The Hall–Kier alpha value is -1.09. The highest BCUT2D eigenvalue weighted by atomic mass is 16.4. The van der Waals surface area contributed by atoms with Crippen molar-refractivity contribution in [3.63, 3.8) is 0 Å². The Bertz CT molecular complexity index is 372. The first kappa shape index (κ1) is 15.0. The van der Waals surface area contributed by atoms with Crippen molar-refractivity contribution in [2.24, 2.45) is 17.3 Å². The number of carboxylic acids is 1. The Labute approximate surface area is 109 Å². The van der Waals surface area contributed by atoms with Gasteiger partial charge in [0.1, 0.15) is 0 Å². The molecule has 0 aliphatic heterocycles. The summed E-state index contributed by atoms with van der Waals surface area (Å²) in [7, 11) is 0. The molecule has 1 aliphatic carbocycles. The minimum Gasteiger partial charge on any atom is -0.481 e. The third-order valence-electron chi connectivity index (χ3n) is 4.41. The van der Waals surface area contributed by atoms with Gasteiger partial charge in [0.2, 0.25) is 0 Å². The molecule has 3 nitrogen and oxygen atoms in total. The molecule has 1 unspecified atom stereocenters. The van der Waals surface area contributed by atoms with Gasteiger partial charge in [0.15, 0.2) is 0 Å². The highest BCUT2D eigenvalue weighted by Crippen LogP contribution is 2.50.